The number of azide groups is 1. The van der Waals surface area contributed by atoms with Gasteiger partial charge < -0.3 is 4.42 Å². The van der Waals surface area contributed by atoms with Crippen molar-refractivity contribution in [3.63, 3.8) is 0 Å². The van der Waals surface area contributed by atoms with Gasteiger partial charge in [0.2, 0.25) is 0 Å². The second-order valence-electron chi connectivity index (χ2n) is 4.05. The molecule has 0 spiro atoms. The molecule has 0 unspecified atom stereocenters. The SMILES string of the molecule is CC(C)c1cc(=O)oc2cc(N=[N+]=[N-])ccc12. The summed E-state index contributed by atoms with van der Waals surface area (Å²) in [6, 6.07) is 6.58. The first-order valence-corrected chi connectivity index (χ1v) is 5.24. The molecule has 86 valence electrons. The number of benzene rings is 1. The number of hydrogen-bond donors (Lipinski definition) is 0. The standard InChI is InChI=1S/C12H11N3O2/c1-7(2)10-6-12(16)17-11-5-8(14-15-13)3-4-9(10)11/h3-7H,1-2H3. The molecule has 0 amide bonds. The lowest BCUT2D eigenvalue weighted by molar-refractivity contribution is 0.557. The van der Waals surface area contributed by atoms with Crippen LogP contribution in [0.2, 0.25) is 0 Å². The fraction of sp³-hybridized carbons (Fsp3) is 0.250. The molecule has 0 saturated heterocycles. The van der Waals surface area contributed by atoms with Crippen LogP contribution in [0.1, 0.15) is 25.3 Å². The van der Waals surface area contributed by atoms with Gasteiger partial charge in [0.15, 0.2) is 0 Å². The summed E-state index contributed by atoms with van der Waals surface area (Å²) in [5, 5.41) is 4.35. The molecule has 0 aliphatic rings. The zero-order chi connectivity index (χ0) is 12.4. The first kappa shape index (κ1) is 11.2. The Hall–Kier alpha value is -2.26. The van der Waals surface area contributed by atoms with Crippen LogP contribution in [0.3, 0.4) is 0 Å². The molecule has 0 radical (unpaired) electrons. The van der Waals surface area contributed by atoms with E-state index in [2.05, 4.69) is 10.0 Å². The number of hydrogen-bond acceptors (Lipinski definition) is 3. The van der Waals surface area contributed by atoms with Crippen molar-refractivity contribution in [3.8, 4) is 0 Å². The third-order valence-corrected chi connectivity index (χ3v) is 2.54. The zero-order valence-electron chi connectivity index (χ0n) is 9.54. The Kier molecular flexibility index (Phi) is 2.85. The lowest BCUT2D eigenvalue weighted by Crippen LogP contribution is -2.01. The lowest BCUT2D eigenvalue weighted by atomic mass is 10.00. The van der Waals surface area contributed by atoms with Crippen molar-refractivity contribution in [2.75, 3.05) is 0 Å². The summed E-state index contributed by atoms with van der Waals surface area (Å²) >= 11 is 0. The molecule has 1 heterocycles. The average molecular weight is 229 g/mol. The maximum Gasteiger partial charge on any atom is 0.336 e. The van der Waals surface area contributed by atoms with Crippen LogP contribution in [0.15, 0.2) is 38.6 Å². The molecule has 0 atom stereocenters. The minimum Gasteiger partial charge on any atom is -0.423 e. The fourth-order valence-corrected chi connectivity index (χ4v) is 1.77. The first-order chi connectivity index (χ1) is 8.11. The molecule has 0 fully saturated rings. The summed E-state index contributed by atoms with van der Waals surface area (Å²) in [6.07, 6.45) is 0. The molecule has 0 aliphatic carbocycles. The molecule has 0 aliphatic heterocycles. The van der Waals surface area contributed by atoms with E-state index in [0.717, 1.165) is 10.9 Å². The summed E-state index contributed by atoms with van der Waals surface area (Å²) in [5.74, 6) is 0.229. The summed E-state index contributed by atoms with van der Waals surface area (Å²) in [7, 11) is 0. The fourth-order valence-electron chi connectivity index (χ4n) is 1.77. The van der Waals surface area contributed by atoms with Crippen molar-refractivity contribution in [1.29, 1.82) is 0 Å². The Labute approximate surface area is 97.3 Å². The molecule has 2 rings (SSSR count). The van der Waals surface area contributed by atoms with E-state index in [1.807, 2.05) is 13.8 Å². The molecule has 1 aromatic heterocycles. The van der Waals surface area contributed by atoms with E-state index in [0.29, 0.717) is 11.3 Å². The molecule has 5 nitrogen and oxygen atoms in total. The third kappa shape index (κ3) is 2.14. The molecule has 0 bridgehead atoms. The minimum atomic E-state index is -0.390. The van der Waals surface area contributed by atoms with Gasteiger partial charge in [0, 0.05) is 22.1 Å². The maximum atomic E-state index is 11.4. The van der Waals surface area contributed by atoms with E-state index in [1.165, 1.54) is 6.07 Å². The minimum absolute atomic E-state index is 0.229. The topological polar surface area (TPSA) is 79.0 Å². The van der Waals surface area contributed by atoms with Crippen LogP contribution in [-0.4, -0.2) is 0 Å². The Morgan fingerprint density at radius 1 is 1.35 bits per heavy atom. The Balaban J connectivity index is 2.79. The van der Waals surface area contributed by atoms with E-state index < -0.39 is 0 Å². The number of nitrogens with zero attached hydrogens (tertiary/aromatic N) is 3. The summed E-state index contributed by atoms with van der Waals surface area (Å²) < 4.78 is 5.10. The highest BCUT2D eigenvalue weighted by molar-refractivity contribution is 5.83. The Morgan fingerprint density at radius 3 is 2.76 bits per heavy atom. The molecule has 2 aromatic rings. The van der Waals surface area contributed by atoms with Crippen molar-refractivity contribution in [3.05, 3.63) is 50.7 Å². The monoisotopic (exact) mass is 229 g/mol. The van der Waals surface area contributed by atoms with Gasteiger partial charge in [-0.05, 0) is 23.1 Å². The van der Waals surface area contributed by atoms with Crippen molar-refractivity contribution in [2.45, 2.75) is 19.8 Å². The first-order valence-electron chi connectivity index (χ1n) is 5.24. The van der Waals surface area contributed by atoms with Crippen molar-refractivity contribution < 1.29 is 4.42 Å². The summed E-state index contributed by atoms with van der Waals surface area (Å²) in [5.41, 5.74) is 9.78. The highest BCUT2D eigenvalue weighted by Gasteiger charge is 2.08. The van der Waals surface area contributed by atoms with Crippen LogP contribution in [0.25, 0.3) is 21.4 Å². The average Bonchev–Trinajstić information content (AvgIpc) is 2.27. The quantitative estimate of drug-likeness (QED) is 0.339. The van der Waals surface area contributed by atoms with Crippen molar-refractivity contribution in [2.24, 2.45) is 5.11 Å². The molecular weight excluding hydrogens is 218 g/mol. The third-order valence-electron chi connectivity index (χ3n) is 2.54. The molecule has 17 heavy (non-hydrogen) atoms. The van der Waals surface area contributed by atoms with Gasteiger partial charge in [0.1, 0.15) is 5.58 Å². The Bertz CT molecular complexity index is 667. The smallest absolute Gasteiger partial charge is 0.336 e. The Morgan fingerprint density at radius 2 is 2.12 bits per heavy atom. The molecule has 0 saturated carbocycles. The highest BCUT2D eigenvalue weighted by atomic mass is 16.4. The predicted octanol–water partition coefficient (Wildman–Crippen LogP) is 3.86. The van der Waals surface area contributed by atoms with Crippen LogP contribution < -0.4 is 5.63 Å². The second kappa shape index (κ2) is 4.31. The largest absolute Gasteiger partial charge is 0.423 e. The van der Waals surface area contributed by atoms with Crippen molar-refractivity contribution in [1.82, 2.24) is 0 Å². The highest BCUT2D eigenvalue weighted by Crippen LogP contribution is 2.27. The van der Waals surface area contributed by atoms with Gasteiger partial charge >= 0.3 is 5.63 Å². The molecule has 1 aromatic carbocycles. The summed E-state index contributed by atoms with van der Waals surface area (Å²) in [6.45, 7) is 4.02. The van der Waals surface area contributed by atoms with Crippen LogP contribution in [0.4, 0.5) is 5.69 Å². The zero-order valence-corrected chi connectivity index (χ0v) is 9.54. The van der Waals surface area contributed by atoms with Gasteiger partial charge in [-0.2, -0.15) is 0 Å². The predicted molar refractivity (Wildman–Crippen MR) is 65.4 cm³/mol. The maximum absolute atomic E-state index is 11.4. The van der Waals surface area contributed by atoms with Gasteiger partial charge in [-0.1, -0.05) is 31.1 Å². The van der Waals surface area contributed by atoms with Gasteiger partial charge in [0.25, 0.3) is 0 Å². The van der Waals surface area contributed by atoms with Crippen LogP contribution >= 0.6 is 0 Å². The van der Waals surface area contributed by atoms with Crippen molar-refractivity contribution >= 4 is 16.7 Å². The van der Waals surface area contributed by atoms with Crippen LogP contribution in [-0.2, 0) is 0 Å². The van der Waals surface area contributed by atoms with E-state index >= 15 is 0 Å². The molecular formula is C12H11N3O2. The van der Waals surface area contributed by atoms with E-state index in [9.17, 15) is 4.79 Å². The van der Waals surface area contributed by atoms with Gasteiger partial charge in [0.05, 0.1) is 0 Å². The van der Waals surface area contributed by atoms with Gasteiger partial charge in [-0.15, -0.1) is 0 Å². The van der Waals surface area contributed by atoms with E-state index in [4.69, 9.17) is 9.95 Å². The van der Waals surface area contributed by atoms with E-state index in [1.54, 1.807) is 18.2 Å². The van der Waals surface area contributed by atoms with Crippen LogP contribution in [0, 0.1) is 0 Å². The van der Waals surface area contributed by atoms with E-state index in [-0.39, 0.29) is 11.5 Å². The second-order valence-corrected chi connectivity index (χ2v) is 4.05. The molecule has 5 heteroatoms. The number of rotatable bonds is 2. The summed E-state index contributed by atoms with van der Waals surface area (Å²) in [4.78, 5) is 14.1. The lowest BCUT2D eigenvalue weighted by Gasteiger charge is -2.08. The molecule has 0 N–H and O–H groups in total. The van der Waals surface area contributed by atoms with Crippen LogP contribution in [0.5, 0.6) is 0 Å². The number of fused-ring (bicyclic) bond motifs is 1. The van der Waals surface area contributed by atoms with Gasteiger partial charge in [-0.25, -0.2) is 4.79 Å². The van der Waals surface area contributed by atoms with Gasteiger partial charge in [-0.3, -0.25) is 0 Å². The normalized spacial score (nSPS) is 10.5.